The van der Waals surface area contributed by atoms with Gasteiger partial charge in [0.2, 0.25) is 0 Å². The van der Waals surface area contributed by atoms with Crippen molar-refractivity contribution < 1.29 is 13.9 Å². The predicted molar refractivity (Wildman–Crippen MR) is 60.3 cm³/mol. The van der Waals surface area contributed by atoms with E-state index in [2.05, 4.69) is 9.97 Å². The standard InChI is InChI=1S/C12H11FN2O2/c1-2-17-12(16)11-10(7-13)14-8-5-3-4-6-9(8)15-11/h3-6H,2,7H2,1H3. The van der Waals surface area contributed by atoms with Gasteiger partial charge in [0, 0.05) is 0 Å². The van der Waals surface area contributed by atoms with Gasteiger partial charge in [-0.25, -0.2) is 19.2 Å². The molecule has 0 unspecified atom stereocenters. The Kier molecular flexibility index (Phi) is 3.27. The van der Waals surface area contributed by atoms with Crippen LogP contribution in [-0.2, 0) is 11.4 Å². The first-order valence-corrected chi connectivity index (χ1v) is 5.25. The van der Waals surface area contributed by atoms with Gasteiger partial charge in [-0.2, -0.15) is 0 Å². The number of benzene rings is 1. The van der Waals surface area contributed by atoms with Crippen LogP contribution in [0.1, 0.15) is 23.1 Å². The molecule has 88 valence electrons. The molecule has 0 aliphatic rings. The zero-order chi connectivity index (χ0) is 12.3. The number of carbonyl (C=O) groups is 1. The van der Waals surface area contributed by atoms with E-state index in [4.69, 9.17) is 4.74 Å². The van der Waals surface area contributed by atoms with E-state index in [1.807, 2.05) is 0 Å². The average molecular weight is 234 g/mol. The Morgan fingerprint density at radius 3 is 2.53 bits per heavy atom. The monoisotopic (exact) mass is 234 g/mol. The van der Waals surface area contributed by atoms with Gasteiger partial charge in [0.25, 0.3) is 0 Å². The van der Waals surface area contributed by atoms with E-state index in [-0.39, 0.29) is 18.0 Å². The smallest absolute Gasteiger partial charge is 0.358 e. The van der Waals surface area contributed by atoms with Gasteiger partial charge in [-0.05, 0) is 19.1 Å². The zero-order valence-electron chi connectivity index (χ0n) is 9.31. The average Bonchev–Trinajstić information content (AvgIpc) is 2.37. The lowest BCUT2D eigenvalue weighted by molar-refractivity contribution is 0.0517. The zero-order valence-corrected chi connectivity index (χ0v) is 9.31. The van der Waals surface area contributed by atoms with E-state index in [0.717, 1.165) is 0 Å². The number of aromatic nitrogens is 2. The summed E-state index contributed by atoms with van der Waals surface area (Å²) < 4.78 is 17.6. The second-order valence-corrected chi connectivity index (χ2v) is 3.36. The summed E-state index contributed by atoms with van der Waals surface area (Å²) in [7, 11) is 0. The molecule has 0 radical (unpaired) electrons. The quantitative estimate of drug-likeness (QED) is 0.764. The van der Waals surface area contributed by atoms with Crippen LogP contribution in [0.15, 0.2) is 24.3 Å². The van der Waals surface area contributed by atoms with Crippen LogP contribution in [-0.4, -0.2) is 22.5 Å². The predicted octanol–water partition coefficient (Wildman–Crippen LogP) is 2.28. The van der Waals surface area contributed by atoms with E-state index in [1.54, 1.807) is 31.2 Å². The van der Waals surface area contributed by atoms with Crippen molar-refractivity contribution in [3.05, 3.63) is 35.7 Å². The number of rotatable bonds is 3. The number of fused-ring (bicyclic) bond motifs is 1. The highest BCUT2D eigenvalue weighted by molar-refractivity contribution is 5.91. The van der Waals surface area contributed by atoms with Crippen molar-refractivity contribution in [3.63, 3.8) is 0 Å². The largest absolute Gasteiger partial charge is 0.461 e. The molecule has 0 saturated heterocycles. The molecule has 4 nitrogen and oxygen atoms in total. The molecular formula is C12H11FN2O2. The van der Waals surface area contributed by atoms with Crippen molar-refractivity contribution in [3.8, 4) is 0 Å². The molecule has 0 bridgehead atoms. The highest BCUT2D eigenvalue weighted by Gasteiger charge is 2.16. The number of ether oxygens (including phenoxy) is 1. The molecule has 2 rings (SSSR count). The van der Waals surface area contributed by atoms with Crippen molar-refractivity contribution in [2.24, 2.45) is 0 Å². The van der Waals surface area contributed by atoms with Crippen LogP contribution in [0.2, 0.25) is 0 Å². The second-order valence-electron chi connectivity index (χ2n) is 3.36. The lowest BCUT2D eigenvalue weighted by Gasteiger charge is -2.06. The second kappa shape index (κ2) is 4.86. The van der Waals surface area contributed by atoms with Crippen LogP contribution >= 0.6 is 0 Å². The fraction of sp³-hybridized carbons (Fsp3) is 0.250. The van der Waals surface area contributed by atoms with Gasteiger partial charge in [-0.15, -0.1) is 0 Å². The van der Waals surface area contributed by atoms with Gasteiger partial charge in [-0.3, -0.25) is 0 Å². The number of alkyl halides is 1. The Balaban J connectivity index is 2.56. The third-order valence-corrected chi connectivity index (χ3v) is 2.24. The summed E-state index contributed by atoms with van der Waals surface area (Å²) in [5.74, 6) is -0.640. The molecule has 0 amide bonds. The summed E-state index contributed by atoms with van der Waals surface area (Å²) in [6, 6.07) is 6.99. The van der Waals surface area contributed by atoms with Crippen molar-refractivity contribution >= 4 is 17.0 Å². The van der Waals surface area contributed by atoms with Crippen LogP contribution in [0.4, 0.5) is 4.39 Å². The Bertz CT molecular complexity index is 557. The summed E-state index contributed by atoms with van der Waals surface area (Å²) in [4.78, 5) is 19.7. The van der Waals surface area contributed by atoms with E-state index in [1.165, 1.54) is 0 Å². The maximum absolute atomic E-state index is 12.8. The minimum atomic E-state index is -0.841. The van der Waals surface area contributed by atoms with Gasteiger partial charge in [-0.1, -0.05) is 12.1 Å². The summed E-state index contributed by atoms with van der Waals surface area (Å²) in [6.07, 6.45) is 0. The van der Waals surface area contributed by atoms with Gasteiger partial charge in [0.15, 0.2) is 5.69 Å². The minimum absolute atomic E-state index is 0.0159. The van der Waals surface area contributed by atoms with E-state index in [0.29, 0.717) is 11.0 Å². The van der Waals surface area contributed by atoms with Gasteiger partial charge in [0.05, 0.1) is 17.6 Å². The maximum atomic E-state index is 12.8. The highest BCUT2D eigenvalue weighted by Crippen LogP contribution is 2.14. The first kappa shape index (κ1) is 11.4. The van der Waals surface area contributed by atoms with Crippen molar-refractivity contribution in [1.29, 1.82) is 0 Å². The Labute approximate surface area is 97.5 Å². The summed E-state index contributed by atoms with van der Waals surface area (Å²) in [5, 5.41) is 0. The highest BCUT2D eigenvalue weighted by atomic mass is 19.1. The van der Waals surface area contributed by atoms with E-state index >= 15 is 0 Å². The van der Waals surface area contributed by atoms with Gasteiger partial charge >= 0.3 is 5.97 Å². The molecule has 0 spiro atoms. The van der Waals surface area contributed by atoms with Crippen LogP contribution in [0.25, 0.3) is 11.0 Å². The normalized spacial score (nSPS) is 10.5. The molecule has 17 heavy (non-hydrogen) atoms. The molecule has 0 saturated carbocycles. The number of nitrogens with zero attached hydrogens (tertiary/aromatic N) is 2. The number of carbonyl (C=O) groups excluding carboxylic acids is 1. The Morgan fingerprint density at radius 2 is 1.94 bits per heavy atom. The third-order valence-electron chi connectivity index (χ3n) is 2.24. The fourth-order valence-corrected chi connectivity index (χ4v) is 1.49. The lowest BCUT2D eigenvalue weighted by atomic mass is 10.2. The molecule has 1 aromatic carbocycles. The van der Waals surface area contributed by atoms with Crippen LogP contribution < -0.4 is 0 Å². The van der Waals surface area contributed by atoms with Crippen molar-refractivity contribution in [2.75, 3.05) is 6.61 Å². The molecule has 0 atom stereocenters. The van der Waals surface area contributed by atoms with Crippen molar-refractivity contribution in [2.45, 2.75) is 13.6 Å². The van der Waals surface area contributed by atoms with E-state index in [9.17, 15) is 9.18 Å². The summed E-state index contributed by atoms with van der Waals surface area (Å²) >= 11 is 0. The summed E-state index contributed by atoms with van der Waals surface area (Å²) in [6.45, 7) is 1.06. The van der Waals surface area contributed by atoms with Gasteiger partial charge < -0.3 is 4.74 Å². The number of hydrogen-bond donors (Lipinski definition) is 0. The number of para-hydroxylation sites is 2. The van der Waals surface area contributed by atoms with E-state index < -0.39 is 12.6 Å². The van der Waals surface area contributed by atoms with Crippen molar-refractivity contribution in [1.82, 2.24) is 9.97 Å². The molecule has 0 N–H and O–H groups in total. The maximum Gasteiger partial charge on any atom is 0.358 e. The summed E-state index contributed by atoms with van der Waals surface area (Å²) in [5.41, 5.74) is 1.08. The first-order chi connectivity index (χ1) is 8.26. The SMILES string of the molecule is CCOC(=O)c1nc2ccccc2nc1CF. The topological polar surface area (TPSA) is 52.1 Å². The lowest BCUT2D eigenvalue weighted by Crippen LogP contribution is -2.12. The number of halogens is 1. The molecule has 1 aromatic heterocycles. The van der Waals surface area contributed by atoms with Crippen LogP contribution in [0, 0.1) is 0 Å². The first-order valence-electron chi connectivity index (χ1n) is 5.25. The molecule has 0 fully saturated rings. The number of esters is 1. The molecule has 1 heterocycles. The Hall–Kier alpha value is -2.04. The fourth-order valence-electron chi connectivity index (χ4n) is 1.49. The molecular weight excluding hydrogens is 223 g/mol. The molecule has 2 aromatic rings. The van der Waals surface area contributed by atoms with Crippen LogP contribution in [0.3, 0.4) is 0 Å². The third kappa shape index (κ3) is 2.22. The molecule has 0 aliphatic carbocycles. The molecule has 0 aliphatic heterocycles. The van der Waals surface area contributed by atoms with Gasteiger partial charge in [0.1, 0.15) is 12.4 Å². The van der Waals surface area contributed by atoms with Crippen LogP contribution in [0.5, 0.6) is 0 Å². The Morgan fingerprint density at radius 1 is 1.29 bits per heavy atom. The molecule has 5 heteroatoms. The number of hydrogen-bond acceptors (Lipinski definition) is 4. The minimum Gasteiger partial charge on any atom is -0.461 e.